The van der Waals surface area contributed by atoms with Crippen LogP contribution >= 0.6 is 0 Å². The van der Waals surface area contributed by atoms with Gasteiger partial charge in [-0.2, -0.15) is 0 Å². The van der Waals surface area contributed by atoms with Gasteiger partial charge in [0.1, 0.15) is 8.07 Å². The van der Waals surface area contributed by atoms with Crippen molar-refractivity contribution >= 4 is 25.6 Å². The average Bonchev–Trinajstić information content (AvgIpc) is 2.84. The molecular weight excluding hydrogens is 347 g/mol. The standard InChI is InChI=1S/C23H31BO2Si/c1-18(24-25-22(2,3)23(4,5)26-24)21(19-14-10-8-11-15-19)27(6,7)20-16-12-9-13-17-20/h8-17H,1-7H3/b21-18-. The summed E-state index contributed by atoms with van der Waals surface area (Å²) >= 11 is 0. The lowest BCUT2D eigenvalue weighted by Gasteiger charge is -2.32. The minimum Gasteiger partial charge on any atom is -0.400 e. The molecule has 0 N–H and O–H groups in total. The third-order valence-corrected chi connectivity index (χ3v) is 9.89. The van der Waals surface area contributed by atoms with E-state index in [2.05, 4.69) is 108 Å². The molecule has 0 unspecified atom stereocenters. The van der Waals surface area contributed by atoms with Gasteiger partial charge >= 0.3 is 7.12 Å². The zero-order chi connectivity index (χ0) is 19.9. The molecule has 142 valence electrons. The van der Waals surface area contributed by atoms with Gasteiger partial charge in [0.2, 0.25) is 0 Å². The molecule has 0 amide bonds. The molecule has 0 saturated carbocycles. The van der Waals surface area contributed by atoms with Gasteiger partial charge in [0.15, 0.2) is 0 Å². The van der Waals surface area contributed by atoms with Crippen molar-refractivity contribution in [2.75, 3.05) is 0 Å². The van der Waals surface area contributed by atoms with E-state index in [0.717, 1.165) is 0 Å². The predicted molar refractivity (Wildman–Crippen MR) is 119 cm³/mol. The number of allylic oxidation sites excluding steroid dienone is 1. The van der Waals surface area contributed by atoms with E-state index in [0.29, 0.717) is 0 Å². The SMILES string of the molecule is C/C(B1OC(C)(C)C(C)(C)O1)=C(\c1ccccc1)[Si](C)(C)c1ccccc1. The maximum Gasteiger partial charge on any atom is 0.490 e. The topological polar surface area (TPSA) is 18.5 Å². The smallest absolute Gasteiger partial charge is 0.400 e. The molecule has 1 saturated heterocycles. The monoisotopic (exact) mass is 378 g/mol. The maximum atomic E-state index is 6.40. The van der Waals surface area contributed by atoms with Gasteiger partial charge in [0, 0.05) is 0 Å². The molecule has 0 aromatic heterocycles. The minimum absolute atomic E-state index is 0.319. The van der Waals surface area contributed by atoms with Crippen LogP contribution in [0.1, 0.15) is 40.2 Å². The summed E-state index contributed by atoms with van der Waals surface area (Å²) in [5, 5.41) is 2.81. The zero-order valence-corrected chi connectivity index (χ0v) is 18.7. The van der Waals surface area contributed by atoms with Crippen molar-refractivity contribution in [3.8, 4) is 0 Å². The van der Waals surface area contributed by atoms with E-state index >= 15 is 0 Å². The van der Waals surface area contributed by atoms with E-state index in [1.54, 1.807) is 0 Å². The van der Waals surface area contributed by atoms with Gasteiger partial charge in [-0.3, -0.25) is 0 Å². The number of hydrogen-bond acceptors (Lipinski definition) is 2. The van der Waals surface area contributed by atoms with Crippen LogP contribution in [-0.2, 0) is 9.31 Å². The van der Waals surface area contributed by atoms with Crippen LogP contribution in [0, 0.1) is 0 Å². The second kappa shape index (κ2) is 7.08. The highest BCUT2D eigenvalue weighted by atomic mass is 28.3. The van der Waals surface area contributed by atoms with Gasteiger partial charge in [0.05, 0.1) is 11.2 Å². The molecule has 2 nitrogen and oxygen atoms in total. The van der Waals surface area contributed by atoms with E-state index < -0.39 is 8.07 Å². The molecular formula is C23H31BO2Si. The highest BCUT2D eigenvalue weighted by Crippen LogP contribution is 2.41. The fourth-order valence-electron chi connectivity index (χ4n) is 3.82. The first-order valence-corrected chi connectivity index (χ1v) is 12.7. The van der Waals surface area contributed by atoms with Gasteiger partial charge in [-0.1, -0.05) is 84.1 Å². The Hall–Kier alpha value is -1.62. The van der Waals surface area contributed by atoms with Crippen molar-refractivity contribution in [3.63, 3.8) is 0 Å². The van der Waals surface area contributed by atoms with E-state index in [1.807, 2.05) is 0 Å². The molecule has 2 aromatic rings. The summed E-state index contributed by atoms with van der Waals surface area (Å²) in [6.45, 7) is 15.5. The summed E-state index contributed by atoms with van der Waals surface area (Å²) in [6, 6.07) is 21.6. The molecule has 27 heavy (non-hydrogen) atoms. The molecule has 0 atom stereocenters. The van der Waals surface area contributed by atoms with Gasteiger partial charge in [-0.25, -0.2) is 0 Å². The second-order valence-electron chi connectivity index (χ2n) is 9.00. The van der Waals surface area contributed by atoms with E-state index in [4.69, 9.17) is 9.31 Å². The summed E-state index contributed by atoms with van der Waals surface area (Å²) < 4.78 is 12.8. The van der Waals surface area contributed by atoms with E-state index in [-0.39, 0.29) is 18.3 Å². The van der Waals surface area contributed by atoms with Crippen LogP contribution in [0.3, 0.4) is 0 Å². The van der Waals surface area contributed by atoms with Gasteiger partial charge in [-0.05, 0) is 45.7 Å². The molecule has 0 spiro atoms. The molecule has 0 radical (unpaired) electrons. The van der Waals surface area contributed by atoms with Crippen molar-refractivity contribution in [1.82, 2.24) is 0 Å². The normalized spacial score (nSPS) is 19.7. The average molecular weight is 378 g/mol. The Morgan fingerprint density at radius 1 is 0.778 bits per heavy atom. The fourth-order valence-corrected chi connectivity index (χ4v) is 7.13. The first-order valence-electron chi connectivity index (χ1n) is 9.74. The molecule has 1 aliphatic rings. The van der Waals surface area contributed by atoms with Crippen LogP contribution in [0.4, 0.5) is 0 Å². The Labute approximate surface area is 165 Å². The lowest BCUT2D eigenvalue weighted by Crippen LogP contribution is -2.44. The molecule has 1 fully saturated rings. The summed E-state index contributed by atoms with van der Waals surface area (Å²) in [7, 11) is -2.27. The Kier molecular flexibility index (Phi) is 5.28. The van der Waals surface area contributed by atoms with Crippen LogP contribution in [0.15, 0.2) is 66.1 Å². The number of benzene rings is 2. The third-order valence-electron chi connectivity index (χ3n) is 6.18. The zero-order valence-electron chi connectivity index (χ0n) is 17.7. The summed E-state index contributed by atoms with van der Waals surface area (Å²) in [5.41, 5.74) is 1.80. The largest absolute Gasteiger partial charge is 0.490 e. The second-order valence-corrected chi connectivity index (χ2v) is 13.3. The summed E-state index contributed by atoms with van der Waals surface area (Å²) in [5.74, 6) is 0. The molecule has 1 heterocycles. The quantitative estimate of drug-likeness (QED) is 0.677. The van der Waals surface area contributed by atoms with Crippen molar-refractivity contribution in [1.29, 1.82) is 0 Å². The maximum absolute atomic E-state index is 6.40. The molecule has 0 aliphatic carbocycles. The van der Waals surface area contributed by atoms with Gasteiger partial charge < -0.3 is 9.31 Å². The number of rotatable bonds is 4. The summed E-state index contributed by atoms with van der Waals surface area (Å²) in [4.78, 5) is 0. The van der Waals surface area contributed by atoms with E-state index in [9.17, 15) is 0 Å². The number of hydrogen-bond donors (Lipinski definition) is 0. The van der Waals surface area contributed by atoms with Crippen LogP contribution in [0.5, 0.6) is 0 Å². The first-order chi connectivity index (χ1) is 12.6. The predicted octanol–water partition coefficient (Wildman–Crippen LogP) is 5.25. The first kappa shape index (κ1) is 20.1. The lowest BCUT2D eigenvalue weighted by molar-refractivity contribution is 0.00578. The molecule has 4 heteroatoms. The molecule has 2 aromatic carbocycles. The highest BCUT2D eigenvalue weighted by molar-refractivity contribution is 7.05. The molecule has 1 aliphatic heterocycles. The molecule has 0 bridgehead atoms. The fraction of sp³-hybridized carbons (Fsp3) is 0.391. The Balaban J connectivity index is 2.15. The third kappa shape index (κ3) is 3.71. The highest BCUT2D eigenvalue weighted by Gasteiger charge is 2.52. The Morgan fingerprint density at radius 2 is 1.22 bits per heavy atom. The van der Waals surface area contributed by atoms with E-state index in [1.165, 1.54) is 21.4 Å². The van der Waals surface area contributed by atoms with Gasteiger partial charge in [-0.15, -0.1) is 0 Å². The van der Waals surface area contributed by atoms with Crippen molar-refractivity contribution in [2.45, 2.75) is 58.9 Å². The van der Waals surface area contributed by atoms with Crippen molar-refractivity contribution < 1.29 is 9.31 Å². The Bertz CT molecular complexity index is 810. The van der Waals surface area contributed by atoms with Crippen LogP contribution in [0.25, 0.3) is 5.20 Å². The van der Waals surface area contributed by atoms with Crippen molar-refractivity contribution in [3.05, 3.63) is 71.7 Å². The van der Waals surface area contributed by atoms with Gasteiger partial charge in [0.25, 0.3) is 0 Å². The van der Waals surface area contributed by atoms with Crippen LogP contribution in [0.2, 0.25) is 13.1 Å². The molecule has 3 rings (SSSR count). The van der Waals surface area contributed by atoms with Crippen LogP contribution < -0.4 is 5.19 Å². The van der Waals surface area contributed by atoms with Crippen molar-refractivity contribution in [2.24, 2.45) is 0 Å². The lowest BCUT2D eigenvalue weighted by atomic mass is 9.78. The minimum atomic E-state index is -1.95. The Morgan fingerprint density at radius 3 is 1.70 bits per heavy atom. The summed E-state index contributed by atoms with van der Waals surface area (Å²) in [6.07, 6.45) is 0. The van der Waals surface area contributed by atoms with Crippen LogP contribution in [-0.4, -0.2) is 26.4 Å².